The first-order valence-electron chi connectivity index (χ1n) is 8.09. The van der Waals surface area contributed by atoms with Crippen LogP contribution in [-0.4, -0.2) is 38.4 Å². The Hall–Kier alpha value is -2.47. The van der Waals surface area contributed by atoms with Crippen LogP contribution in [0.3, 0.4) is 0 Å². The molecule has 1 aliphatic rings. The molecule has 4 rings (SSSR count). The molecule has 0 bridgehead atoms. The maximum absolute atomic E-state index is 12.8. The van der Waals surface area contributed by atoms with Crippen LogP contribution in [0, 0.1) is 0 Å². The Kier molecular flexibility index (Phi) is 4.13. The van der Waals surface area contributed by atoms with Gasteiger partial charge in [0.05, 0.1) is 18.6 Å². The van der Waals surface area contributed by atoms with Gasteiger partial charge in [-0.3, -0.25) is 4.79 Å². The Labute approximate surface area is 144 Å². The minimum absolute atomic E-state index is 0.0829. The van der Waals surface area contributed by atoms with E-state index in [9.17, 15) is 4.79 Å². The number of benzene rings is 1. The molecule has 1 amide bonds. The first-order valence-corrected chi connectivity index (χ1v) is 8.91. The lowest BCUT2D eigenvalue weighted by molar-refractivity contribution is 0.0684. The minimum atomic E-state index is 0.0829. The maximum atomic E-state index is 12.8. The first-order chi connectivity index (χ1) is 11.8. The molecule has 2 aromatic heterocycles. The Balaban J connectivity index is 1.50. The predicted octanol–water partition coefficient (Wildman–Crippen LogP) is 3.48. The summed E-state index contributed by atoms with van der Waals surface area (Å²) in [5.41, 5.74) is 1.05. The van der Waals surface area contributed by atoms with Gasteiger partial charge in [-0.05, 0) is 12.8 Å². The van der Waals surface area contributed by atoms with Crippen molar-refractivity contribution in [2.45, 2.75) is 18.9 Å². The van der Waals surface area contributed by atoms with Gasteiger partial charge in [0.2, 0.25) is 0 Å². The second-order valence-corrected chi connectivity index (χ2v) is 6.98. The fourth-order valence-corrected chi connectivity index (χ4v) is 4.00. The van der Waals surface area contributed by atoms with Gasteiger partial charge >= 0.3 is 0 Å². The number of thiazole rings is 1. The molecule has 1 saturated heterocycles. The molecule has 1 aromatic carbocycles. The molecule has 0 radical (unpaired) electrons. The fraction of sp³-hybridized carbons (Fsp3) is 0.278. The van der Waals surface area contributed by atoms with Crippen molar-refractivity contribution < 1.29 is 4.79 Å². The maximum Gasteiger partial charge on any atom is 0.265 e. The molecule has 0 unspecified atom stereocenters. The van der Waals surface area contributed by atoms with Crippen LogP contribution in [0.4, 0.5) is 0 Å². The van der Waals surface area contributed by atoms with Crippen molar-refractivity contribution in [1.82, 2.24) is 19.4 Å². The third kappa shape index (κ3) is 2.97. The molecule has 5 nitrogen and oxygen atoms in total. The number of aromatic nitrogens is 3. The molecule has 122 valence electrons. The number of carbonyl (C=O) groups excluding carboxylic acids is 1. The molecular formula is C18H18N4OS. The summed E-state index contributed by atoms with van der Waals surface area (Å²) in [5.74, 6) is 0.0829. The van der Waals surface area contributed by atoms with Crippen LogP contribution in [0.15, 0.2) is 55.2 Å². The number of rotatable bonds is 3. The Bertz CT molecular complexity index is 813. The fourth-order valence-electron chi connectivity index (χ4n) is 3.11. The second-order valence-electron chi connectivity index (χ2n) is 5.95. The number of likely N-dealkylation sites (tertiary alicyclic amines) is 1. The van der Waals surface area contributed by atoms with Crippen molar-refractivity contribution in [3.8, 4) is 10.6 Å². The first kappa shape index (κ1) is 15.1. The van der Waals surface area contributed by atoms with E-state index in [1.807, 2.05) is 47.8 Å². The normalized spacial score (nSPS) is 17.8. The quantitative estimate of drug-likeness (QED) is 0.734. The van der Waals surface area contributed by atoms with Crippen molar-refractivity contribution in [2.24, 2.45) is 0 Å². The van der Waals surface area contributed by atoms with Crippen LogP contribution in [0.25, 0.3) is 10.6 Å². The van der Waals surface area contributed by atoms with Crippen molar-refractivity contribution in [2.75, 3.05) is 13.1 Å². The molecule has 1 fully saturated rings. The molecule has 0 N–H and O–H groups in total. The van der Waals surface area contributed by atoms with E-state index in [0.717, 1.165) is 36.5 Å². The number of hydrogen-bond donors (Lipinski definition) is 0. The van der Waals surface area contributed by atoms with Crippen molar-refractivity contribution in [3.63, 3.8) is 0 Å². The number of piperidine rings is 1. The Morgan fingerprint density at radius 1 is 1.25 bits per heavy atom. The summed E-state index contributed by atoms with van der Waals surface area (Å²) in [6.45, 7) is 1.54. The van der Waals surface area contributed by atoms with Crippen LogP contribution < -0.4 is 0 Å². The molecule has 0 aliphatic carbocycles. The van der Waals surface area contributed by atoms with Gasteiger partial charge in [-0.25, -0.2) is 9.97 Å². The number of amides is 1. The number of carbonyl (C=O) groups is 1. The predicted molar refractivity (Wildman–Crippen MR) is 94.0 cm³/mol. The van der Waals surface area contributed by atoms with E-state index in [0.29, 0.717) is 10.9 Å². The summed E-state index contributed by atoms with van der Waals surface area (Å²) in [5, 5.41) is 0.891. The molecular weight excluding hydrogens is 320 g/mol. The Morgan fingerprint density at radius 3 is 2.92 bits per heavy atom. The SMILES string of the molecule is O=C(c1cnc(-c2ccccc2)s1)N1CCC[C@@H](n2ccnc2)C1. The van der Waals surface area contributed by atoms with Gasteiger partial charge in [-0.2, -0.15) is 0 Å². The average Bonchev–Trinajstić information content (AvgIpc) is 3.34. The van der Waals surface area contributed by atoms with Gasteiger partial charge in [0, 0.05) is 31.0 Å². The summed E-state index contributed by atoms with van der Waals surface area (Å²) in [6, 6.07) is 10.3. The number of nitrogens with zero attached hydrogens (tertiary/aromatic N) is 4. The van der Waals surface area contributed by atoms with Crippen molar-refractivity contribution >= 4 is 17.2 Å². The summed E-state index contributed by atoms with van der Waals surface area (Å²) in [7, 11) is 0. The topological polar surface area (TPSA) is 51.0 Å². The summed E-state index contributed by atoms with van der Waals surface area (Å²) in [4.78, 5) is 24.0. The van der Waals surface area contributed by atoms with Gasteiger partial charge in [0.25, 0.3) is 5.91 Å². The van der Waals surface area contributed by atoms with E-state index >= 15 is 0 Å². The van der Waals surface area contributed by atoms with Crippen LogP contribution in [-0.2, 0) is 0 Å². The summed E-state index contributed by atoms with van der Waals surface area (Å²) < 4.78 is 2.10. The van der Waals surface area contributed by atoms with Crippen LogP contribution in [0.1, 0.15) is 28.6 Å². The average molecular weight is 338 g/mol. The van der Waals surface area contributed by atoms with Gasteiger partial charge in [0.1, 0.15) is 9.88 Å². The van der Waals surface area contributed by atoms with E-state index in [4.69, 9.17) is 0 Å². The van der Waals surface area contributed by atoms with Gasteiger partial charge < -0.3 is 9.47 Å². The lowest BCUT2D eigenvalue weighted by atomic mass is 10.1. The zero-order valence-corrected chi connectivity index (χ0v) is 14.0. The smallest absolute Gasteiger partial charge is 0.265 e. The molecule has 1 atom stereocenters. The third-order valence-corrected chi connectivity index (χ3v) is 5.40. The number of imidazole rings is 1. The minimum Gasteiger partial charge on any atom is -0.336 e. The zero-order chi connectivity index (χ0) is 16.4. The van der Waals surface area contributed by atoms with Gasteiger partial charge in [-0.15, -0.1) is 11.3 Å². The van der Waals surface area contributed by atoms with E-state index in [2.05, 4.69) is 14.5 Å². The highest BCUT2D eigenvalue weighted by atomic mass is 32.1. The standard InChI is InChI=1S/C18H18N4OS/c23-18(16-11-20-17(24-16)14-5-2-1-3-6-14)21-9-4-7-15(12-21)22-10-8-19-13-22/h1-3,5-6,8,10-11,13,15H,4,7,9,12H2/t15-/m1/s1. The molecule has 0 spiro atoms. The van der Waals surface area contributed by atoms with Crippen LogP contribution in [0.5, 0.6) is 0 Å². The lowest BCUT2D eigenvalue weighted by Gasteiger charge is -2.33. The second kappa shape index (κ2) is 6.57. The van der Waals surface area contributed by atoms with E-state index in [1.165, 1.54) is 11.3 Å². The largest absolute Gasteiger partial charge is 0.336 e. The summed E-state index contributed by atoms with van der Waals surface area (Å²) >= 11 is 1.46. The molecule has 3 aromatic rings. The Morgan fingerprint density at radius 2 is 2.12 bits per heavy atom. The molecule has 0 saturated carbocycles. The van der Waals surface area contributed by atoms with E-state index < -0.39 is 0 Å². The molecule has 24 heavy (non-hydrogen) atoms. The van der Waals surface area contributed by atoms with E-state index in [-0.39, 0.29) is 5.91 Å². The number of hydrogen-bond acceptors (Lipinski definition) is 4. The highest BCUT2D eigenvalue weighted by molar-refractivity contribution is 7.16. The lowest BCUT2D eigenvalue weighted by Crippen LogP contribution is -2.40. The highest BCUT2D eigenvalue weighted by Crippen LogP contribution is 2.28. The zero-order valence-electron chi connectivity index (χ0n) is 13.2. The monoisotopic (exact) mass is 338 g/mol. The van der Waals surface area contributed by atoms with Crippen LogP contribution >= 0.6 is 11.3 Å². The van der Waals surface area contributed by atoms with Gasteiger partial charge in [0.15, 0.2) is 0 Å². The molecule has 3 heterocycles. The highest BCUT2D eigenvalue weighted by Gasteiger charge is 2.26. The van der Waals surface area contributed by atoms with Crippen LogP contribution in [0.2, 0.25) is 0 Å². The summed E-state index contributed by atoms with van der Waals surface area (Å²) in [6.07, 6.45) is 9.39. The molecule has 6 heteroatoms. The van der Waals surface area contributed by atoms with Crippen molar-refractivity contribution in [3.05, 3.63) is 60.1 Å². The van der Waals surface area contributed by atoms with Gasteiger partial charge in [-0.1, -0.05) is 30.3 Å². The third-order valence-electron chi connectivity index (χ3n) is 4.37. The van der Waals surface area contributed by atoms with E-state index in [1.54, 1.807) is 12.4 Å². The van der Waals surface area contributed by atoms with Crippen molar-refractivity contribution in [1.29, 1.82) is 0 Å². The molecule has 1 aliphatic heterocycles.